The number of aromatic nitrogens is 1. The van der Waals surface area contributed by atoms with Crippen LogP contribution in [0.2, 0.25) is 0 Å². The van der Waals surface area contributed by atoms with Crippen LogP contribution in [0.5, 0.6) is 0 Å². The highest BCUT2D eigenvalue weighted by Crippen LogP contribution is 2.41. The van der Waals surface area contributed by atoms with Gasteiger partial charge in [-0.2, -0.15) is 0 Å². The normalized spacial score (nSPS) is 31.3. The maximum Gasteiger partial charge on any atom is 0.131 e. The van der Waals surface area contributed by atoms with Crippen molar-refractivity contribution in [2.45, 2.75) is 24.8 Å². The number of pyridine rings is 1. The molecule has 2 aromatic rings. The second-order valence-corrected chi connectivity index (χ2v) is 8.26. The van der Waals surface area contributed by atoms with Gasteiger partial charge in [0.2, 0.25) is 0 Å². The number of nitrogens with one attached hydrogen (secondary N) is 2. The summed E-state index contributed by atoms with van der Waals surface area (Å²) < 4.78 is 1.09. The van der Waals surface area contributed by atoms with Crippen molar-refractivity contribution in [3.63, 3.8) is 0 Å². The molecule has 1 spiro atoms. The maximum atomic E-state index is 4.57. The molecule has 0 unspecified atom stereocenters. The highest BCUT2D eigenvalue weighted by atomic mass is 79.9. The molecule has 0 amide bonds. The molecule has 2 bridgehead atoms. The molecular weight excluding hydrogens is 364 g/mol. The second-order valence-electron chi connectivity index (χ2n) is 7.34. The maximum absolute atomic E-state index is 4.57. The molecular formula is C19H21BrN4. The van der Waals surface area contributed by atoms with Crippen LogP contribution in [0.3, 0.4) is 0 Å². The van der Waals surface area contributed by atoms with Gasteiger partial charge in [0.15, 0.2) is 0 Å². The average molecular weight is 385 g/mol. The van der Waals surface area contributed by atoms with E-state index in [1.807, 2.05) is 6.20 Å². The van der Waals surface area contributed by atoms with Crippen LogP contribution in [0.1, 0.15) is 19.3 Å². The average Bonchev–Trinajstić information content (AvgIpc) is 2.98. The van der Waals surface area contributed by atoms with E-state index in [1.165, 1.54) is 37.9 Å². The van der Waals surface area contributed by atoms with Crippen molar-refractivity contribution in [3.05, 3.63) is 46.8 Å². The molecule has 3 fully saturated rings. The molecule has 4 aliphatic heterocycles. The Kier molecular flexibility index (Phi) is 3.35. The molecule has 1 atom stereocenters. The van der Waals surface area contributed by atoms with Gasteiger partial charge in [0, 0.05) is 22.6 Å². The number of hydrogen-bond acceptors (Lipinski definition) is 4. The summed E-state index contributed by atoms with van der Waals surface area (Å²) in [5, 5.41) is 9.64. The molecule has 5 heteroatoms. The molecule has 0 radical (unpaired) electrons. The fourth-order valence-electron chi connectivity index (χ4n) is 4.60. The van der Waals surface area contributed by atoms with Gasteiger partial charge in [0.05, 0.1) is 5.54 Å². The fraction of sp³-hybridized carbons (Fsp3) is 0.421. The molecule has 1 aromatic heterocycles. The van der Waals surface area contributed by atoms with Gasteiger partial charge in [0.1, 0.15) is 11.6 Å². The van der Waals surface area contributed by atoms with Crippen LogP contribution in [0.4, 0.5) is 5.82 Å². The van der Waals surface area contributed by atoms with E-state index in [9.17, 15) is 0 Å². The monoisotopic (exact) mass is 384 g/mol. The Bertz CT molecular complexity index is 825. The van der Waals surface area contributed by atoms with Crippen molar-refractivity contribution < 1.29 is 0 Å². The van der Waals surface area contributed by atoms with Gasteiger partial charge in [-0.25, -0.2) is 4.98 Å². The molecule has 5 heterocycles. The summed E-state index contributed by atoms with van der Waals surface area (Å²) in [4.78, 5) is 7.18. The van der Waals surface area contributed by atoms with Gasteiger partial charge in [-0.15, -0.1) is 0 Å². The Hall–Kier alpha value is -1.59. The number of rotatable bonds is 2. The summed E-state index contributed by atoms with van der Waals surface area (Å²) in [6.45, 7) is 3.73. The van der Waals surface area contributed by atoms with Gasteiger partial charge >= 0.3 is 0 Å². The zero-order valence-corrected chi connectivity index (χ0v) is 15.1. The van der Waals surface area contributed by atoms with E-state index in [4.69, 9.17) is 0 Å². The summed E-state index contributed by atoms with van der Waals surface area (Å²) in [5.74, 6) is 2.83. The smallest absolute Gasteiger partial charge is 0.131 e. The summed E-state index contributed by atoms with van der Waals surface area (Å²) in [5.41, 5.74) is 0.251. The minimum absolute atomic E-state index is 0.251. The molecule has 124 valence electrons. The van der Waals surface area contributed by atoms with E-state index in [2.05, 4.69) is 66.8 Å². The predicted molar refractivity (Wildman–Crippen MR) is 101 cm³/mol. The van der Waals surface area contributed by atoms with Gasteiger partial charge < -0.3 is 15.5 Å². The zero-order chi connectivity index (χ0) is 16.1. The van der Waals surface area contributed by atoms with E-state index in [1.54, 1.807) is 0 Å². The number of piperidine rings is 3. The minimum atomic E-state index is 0.251. The lowest BCUT2D eigenvalue weighted by Crippen LogP contribution is -2.64. The Morgan fingerprint density at radius 2 is 2.08 bits per heavy atom. The molecule has 4 nitrogen and oxygen atoms in total. The van der Waals surface area contributed by atoms with E-state index in [-0.39, 0.29) is 5.54 Å². The molecule has 0 aliphatic carbocycles. The first-order valence-corrected chi connectivity index (χ1v) is 9.53. The van der Waals surface area contributed by atoms with Crippen molar-refractivity contribution >= 4 is 32.5 Å². The third-order valence-corrected chi connectivity index (χ3v) is 6.37. The summed E-state index contributed by atoms with van der Waals surface area (Å²) in [6, 6.07) is 8.41. The first-order chi connectivity index (χ1) is 11.7. The largest absolute Gasteiger partial charge is 0.365 e. The number of hydrogen-bond donors (Lipinski definition) is 2. The molecule has 6 rings (SSSR count). The first kappa shape index (κ1) is 14.7. The van der Waals surface area contributed by atoms with Crippen LogP contribution in [-0.2, 0) is 0 Å². The summed E-state index contributed by atoms with van der Waals surface area (Å²) in [6.07, 6.45) is 8.03. The van der Waals surface area contributed by atoms with Crippen LogP contribution < -0.4 is 10.6 Å². The van der Waals surface area contributed by atoms with Crippen molar-refractivity contribution in [2.75, 3.05) is 25.0 Å². The summed E-state index contributed by atoms with van der Waals surface area (Å²) >= 11 is 3.51. The first-order valence-electron chi connectivity index (χ1n) is 8.73. The highest BCUT2D eigenvalue weighted by molar-refractivity contribution is 9.10. The quantitative estimate of drug-likeness (QED) is 0.827. The Labute approximate surface area is 150 Å². The Morgan fingerprint density at radius 1 is 1.21 bits per heavy atom. The van der Waals surface area contributed by atoms with E-state index < -0.39 is 0 Å². The lowest BCUT2D eigenvalue weighted by atomic mass is 9.72. The van der Waals surface area contributed by atoms with Crippen molar-refractivity contribution in [3.8, 4) is 0 Å². The third kappa shape index (κ3) is 2.42. The lowest BCUT2D eigenvalue weighted by molar-refractivity contribution is 0.0189. The van der Waals surface area contributed by atoms with E-state index in [0.717, 1.165) is 33.8 Å². The van der Waals surface area contributed by atoms with Gasteiger partial charge in [0.25, 0.3) is 0 Å². The standard InChI is InChI=1S/C19H21BrN4/c20-16-2-1-13-10-18(21-11-14(13)9-16)22-17-3-6-19(23-17)12-24-7-4-15(19)5-8-24/h1-3,9-11,15,23H,4-8,12H2,(H,21,22)/t19-/m0/s1. The second kappa shape index (κ2) is 5.46. The Morgan fingerprint density at radius 3 is 2.88 bits per heavy atom. The van der Waals surface area contributed by atoms with Crippen LogP contribution in [0.25, 0.3) is 10.8 Å². The van der Waals surface area contributed by atoms with Crippen molar-refractivity contribution in [1.29, 1.82) is 0 Å². The minimum Gasteiger partial charge on any atom is -0.365 e. The van der Waals surface area contributed by atoms with Crippen LogP contribution in [0.15, 0.2) is 46.8 Å². The number of benzene rings is 1. The summed E-state index contributed by atoms with van der Waals surface area (Å²) in [7, 11) is 0. The third-order valence-electron chi connectivity index (χ3n) is 5.88. The van der Waals surface area contributed by atoms with Crippen LogP contribution >= 0.6 is 15.9 Å². The molecule has 1 aromatic carbocycles. The van der Waals surface area contributed by atoms with Gasteiger partial charge in [-0.3, -0.25) is 0 Å². The number of anilines is 1. The lowest BCUT2D eigenvalue weighted by Gasteiger charge is -2.52. The number of fused-ring (bicyclic) bond motifs is 3. The van der Waals surface area contributed by atoms with E-state index in [0.29, 0.717) is 0 Å². The van der Waals surface area contributed by atoms with Gasteiger partial charge in [-0.05, 0) is 67.9 Å². The van der Waals surface area contributed by atoms with E-state index >= 15 is 0 Å². The molecule has 0 saturated carbocycles. The Balaban J connectivity index is 1.35. The zero-order valence-electron chi connectivity index (χ0n) is 13.6. The van der Waals surface area contributed by atoms with Crippen molar-refractivity contribution in [1.82, 2.24) is 15.2 Å². The van der Waals surface area contributed by atoms with Gasteiger partial charge in [-0.1, -0.05) is 22.0 Å². The predicted octanol–water partition coefficient (Wildman–Crippen LogP) is 3.71. The highest BCUT2D eigenvalue weighted by Gasteiger charge is 2.48. The van der Waals surface area contributed by atoms with Crippen molar-refractivity contribution in [2.24, 2.45) is 5.92 Å². The fourth-order valence-corrected chi connectivity index (χ4v) is 4.98. The SMILES string of the molecule is Brc1ccc2cc(NC3=CC[C@@]4(CN5CCC4CC5)N3)ncc2c1. The topological polar surface area (TPSA) is 40.2 Å². The molecule has 3 saturated heterocycles. The molecule has 4 aliphatic rings. The molecule has 24 heavy (non-hydrogen) atoms. The van der Waals surface area contributed by atoms with Crippen LogP contribution in [0, 0.1) is 5.92 Å². The number of nitrogens with zero attached hydrogens (tertiary/aromatic N) is 2. The molecule has 2 N–H and O–H groups in total. The number of halogens is 1. The van der Waals surface area contributed by atoms with Crippen LogP contribution in [-0.4, -0.2) is 35.1 Å².